The maximum absolute atomic E-state index is 12.5. The zero-order chi connectivity index (χ0) is 14.7. The first-order chi connectivity index (χ1) is 8.62. The number of likely N-dealkylation sites (N-methyl/N-ethyl adjacent to an activating group) is 1. The van der Waals surface area contributed by atoms with Gasteiger partial charge in [-0.05, 0) is 25.1 Å². The van der Waals surface area contributed by atoms with Gasteiger partial charge in [-0.25, -0.2) is 0 Å². The molecule has 1 aromatic carbocycles. The zero-order valence-electron chi connectivity index (χ0n) is 10.1. The first-order valence-corrected chi connectivity index (χ1v) is 5.52. The molecule has 1 aromatic rings. The summed E-state index contributed by atoms with van der Waals surface area (Å²) in [5.74, 6) is 0. The smallest absolute Gasteiger partial charge is 0.316 e. The monoisotopic (exact) mass is 285 g/mol. The van der Waals surface area contributed by atoms with Crippen LogP contribution in [0.4, 0.5) is 26.3 Å². The van der Waals surface area contributed by atoms with Gasteiger partial charge in [-0.2, -0.15) is 26.3 Å². The molecule has 0 aliphatic carbocycles. The average molecular weight is 285 g/mol. The highest BCUT2D eigenvalue weighted by molar-refractivity contribution is 5.26. The van der Waals surface area contributed by atoms with Gasteiger partial charge in [0, 0.05) is 6.04 Å². The number of benzene rings is 1. The lowest BCUT2D eigenvalue weighted by molar-refractivity contribution is -0.140. The summed E-state index contributed by atoms with van der Waals surface area (Å²) in [6.45, 7) is 0. The molecule has 0 spiro atoms. The Labute approximate surface area is 106 Å². The molecule has 0 saturated carbocycles. The third-order valence-electron chi connectivity index (χ3n) is 2.62. The summed E-state index contributed by atoms with van der Waals surface area (Å²) in [5.41, 5.74) is -0.634. The van der Waals surface area contributed by atoms with Crippen LogP contribution in [0.2, 0.25) is 0 Å². The Bertz CT molecular complexity index is 409. The molecule has 0 aliphatic rings. The lowest BCUT2D eigenvalue weighted by atomic mass is 10.0. The van der Waals surface area contributed by atoms with Gasteiger partial charge >= 0.3 is 12.4 Å². The van der Waals surface area contributed by atoms with Crippen LogP contribution in [0.15, 0.2) is 24.3 Å². The van der Waals surface area contributed by atoms with Crippen LogP contribution in [-0.2, 0) is 12.6 Å². The van der Waals surface area contributed by atoms with Crippen molar-refractivity contribution in [3.63, 3.8) is 0 Å². The van der Waals surface area contributed by atoms with Crippen LogP contribution < -0.4 is 5.32 Å². The molecule has 1 N–H and O–H groups in total. The van der Waals surface area contributed by atoms with Gasteiger partial charge in [0.1, 0.15) is 0 Å². The summed E-state index contributed by atoms with van der Waals surface area (Å²) in [4.78, 5) is 0. The summed E-state index contributed by atoms with van der Waals surface area (Å²) in [7, 11) is 1.35. The van der Waals surface area contributed by atoms with Crippen molar-refractivity contribution in [2.45, 2.75) is 31.2 Å². The van der Waals surface area contributed by atoms with Crippen molar-refractivity contribution < 1.29 is 26.3 Å². The molecule has 0 heterocycles. The molecule has 0 radical (unpaired) electrons. The van der Waals surface area contributed by atoms with E-state index in [0.717, 1.165) is 12.1 Å². The van der Waals surface area contributed by atoms with E-state index >= 15 is 0 Å². The normalized spacial score (nSPS) is 14.5. The Hall–Kier alpha value is -1.24. The molecule has 108 valence electrons. The molecule has 1 atom stereocenters. The molecule has 0 aliphatic heterocycles. The fraction of sp³-hybridized carbons (Fsp3) is 0.500. The van der Waals surface area contributed by atoms with Crippen LogP contribution >= 0.6 is 0 Å². The lowest BCUT2D eigenvalue weighted by Gasteiger charge is -2.18. The van der Waals surface area contributed by atoms with Crippen LogP contribution in [0.25, 0.3) is 0 Å². The summed E-state index contributed by atoms with van der Waals surface area (Å²) >= 11 is 0. The van der Waals surface area contributed by atoms with Gasteiger partial charge in [-0.1, -0.05) is 18.2 Å². The third kappa shape index (κ3) is 5.50. The van der Waals surface area contributed by atoms with Crippen molar-refractivity contribution in [3.8, 4) is 0 Å². The highest BCUT2D eigenvalue weighted by Crippen LogP contribution is 2.30. The number of alkyl halides is 6. The van der Waals surface area contributed by atoms with Gasteiger partial charge < -0.3 is 5.32 Å². The van der Waals surface area contributed by atoms with E-state index in [0.29, 0.717) is 0 Å². The second-order valence-electron chi connectivity index (χ2n) is 4.21. The van der Waals surface area contributed by atoms with Crippen LogP contribution in [0.1, 0.15) is 17.5 Å². The Kier molecular flexibility index (Phi) is 4.84. The minimum absolute atomic E-state index is 0.111. The van der Waals surface area contributed by atoms with Crippen LogP contribution in [-0.4, -0.2) is 19.3 Å². The van der Waals surface area contributed by atoms with Crippen LogP contribution in [0, 0.1) is 0 Å². The molecule has 0 aromatic heterocycles. The molecule has 0 amide bonds. The van der Waals surface area contributed by atoms with Gasteiger partial charge in [0.05, 0.1) is 12.0 Å². The van der Waals surface area contributed by atoms with Crippen molar-refractivity contribution >= 4 is 0 Å². The fourth-order valence-electron chi connectivity index (χ4n) is 1.71. The Morgan fingerprint density at radius 1 is 1.11 bits per heavy atom. The largest absolute Gasteiger partial charge is 0.416 e. The van der Waals surface area contributed by atoms with E-state index in [9.17, 15) is 26.3 Å². The maximum atomic E-state index is 12.5. The quantitative estimate of drug-likeness (QED) is 0.830. The van der Waals surface area contributed by atoms with Gasteiger partial charge in [0.15, 0.2) is 0 Å². The van der Waals surface area contributed by atoms with Crippen molar-refractivity contribution in [2.75, 3.05) is 7.05 Å². The summed E-state index contributed by atoms with van der Waals surface area (Å²) in [6, 6.07) is 3.40. The maximum Gasteiger partial charge on any atom is 0.416 e. The van der Waals surface area contributed by atoms with Crippen molar-refractivity contribution in [2.24, 2.45) is 0 Å². The number of hydrogen-bond acceptors (Lipinski definition) is 1. The van der Waals surface area contributed by atoms with Crippen LogP contribution in [0.3, 0.4) is 0 Å². The zero-order valence-corrected chi connectivity index (χ0v) is 10.1. The molecular weight excluding hydrogens is 272 g/mol. The molecule has 19 heavy (non-hydrogen) atoms. The predicted molar refractivity (Wildman–Crippen MR) is 58.7 cm³/mol. The van der Waals surface area contributed by atoms with Crippen molar-refractivity contribution in [3.05, 3.63) is 35.4 Å². The Morgan fingerprint density at radius 3 is 2.21 bits per heavy atom. The number of hydrogen-bond donors (Lipinski definition) is 1. The Morgan fingerprint density at radius 2 is 1.74 bits per heavy atom. The van der Waals surface area contributed by atoms with E-state index in [4.69, 9.17) is 0 Å². The number of rotatable bonds is 4. The first kappa shape index (κ1) is 15.8. The van der Waals surface area contributed by atoms with Gasteiger partial charge in [-0.15, -0.1) is 0 Å². The van der Waals surface area contributed by atoms with E-state index in [1.165, 1.54) is 19.2 Å². The summed E-state index contributed by atoms with van der Waals surface area (Å²) in [5, 5.41) is 2.46. The van der Waals surface area contributed by atoms with E-state index in [-0.39, 0.29) is 12.0 Å². The van der Waals surface area contributed by atoms with Crippen molar-refractivity contribution in [1.29, 1.82) is 0 Å². The standard InChI is InChI=1S/C12H13F6N/c1-19-10(7-11(13,14)15)6-8-3-2-4-9(5-8)12(16,17)18/h2-5,10,19H,6-7H2,1H3. The molecule has 0 bridgehead atoms. The average Bonchev–Trinajstić information content (AvgIpc) is 2.25. The lowest BCUT2D eigenvalue weighted by Crippen LogP contribution is -2.33. The van der Waals surface area contributed by atoms with E-state index in [1.807, 2.05) is 0 Å². The fourth-order valence-corrected chi connectivity index (χ4v) is 1.71. The minimum Gasteiger partial charge on any atom is -0.316 e. The number of halogens is 6. The molecule has 1 rings (SSSR count). The van der Waals surface area contributed by atoms with Gasteiger partial charge in [0.2, 0.25) is 0 Å². The molecule has 0 fully saturated rings. The van der Waals surface area contributed by atoms with E-state index in [2.05, 4.69) is 5.32 Å². The van der Waals surface area contributed by atoms with Gasteiger partial charge in [-0.3, -0.25) is 0 Å². The molecule has 1 unspecified atom stereocenters. The topological polar surface area (TPSA) is 12.0 Å². The molecule has 7 heteroatoms. The highest BCUT2D eigenvalue weighted by atomic mass is 19.4. The minimum atomic E-state index is -4.49. The second-order valence-corrected chi connectivity index (χ2v) is 4.21. The SMILES string of the molecule is CNC(Cc1cccc(C(F)(F)F)c1)CC(F)(F)F. The molecular formula is C12H13F6N. The summed E-state index contributed by atoms with van der Waals surface area (Å²) in [6.07, 6.45) is -10.0. The third-order valence-corrected chi connectivity index (χ3v) is 2.62. The molecule has 0 saturated heterocycles. The van der Waals surface area contributed by atoms with Crippen LogP contribution in [0.5, 0.6) is 0 Å². The number of nitrogens with one attached hydrogen (secondary N) is 1. The Balaban J connectivity index is 2.81. The first-order valence-electron chi connectivity index (χ1n) is 5.52. The van der Waals surface area contributed by atoms with Crippen molar-refractivity contribution in [1.82, 2.24) is 5.32 Å². The highest BCUT2D eigenvalue weighted by Gasteiger charge is 2.32. The summed E-state index contributed by atoms with van der Waals surface area (Å²) < 4.78 is 74.1. The van der Waals surface area contributed by atoms with E-state index in [1.54, 1.807) is 0 Å². The molecule has 1 nitrogen and oxygen atoms in total. The second kappa shape index (κ2) is 5.81. The van der Waals surface area contributed by atoms with Gasteiger partial charge in [0.25, 0.3) is 0 Å². The van der Waals surface area contributed by atoms with E-state index < -0.39 is 30.4 Å². The predicted octanol–water partition coefficient (Wildman–Crippen LogP) is 3.79.